The van der Waals surface area contributed by atoms with Gasteiger partial charge in [0.15, 0.2) is 0 Å². The van der Waals surface area contributed by atoms with Crippen LogP contribution in [0, 0.1) is 0 Å². The number of carbonyl (C=O) groups is 1. The van der Waals surface area contributed by atoms with E-state index in [0.29, 0.717) is 30.9 Å². The minimum Gasteiger partial charge on any atom is -0.470 e. The molecule has 1 saturated heterocycles. The summed E-state index contributed by atoms with van der Waals surface area (Å²) in [7, 11) is 0. The van der Waals surface area contributed by atoms with Crippen LogP contribution in [0.2, 0.25) is 0 Å². The van der Waals surface area contributed by atoms with Gasteiger partial charge in [0.1, 0.15) is 11.6 Å². The average Bonchev–Trinajstić information content (AvgIpc) is 3.06. The van der Waals surface area contributed by atoms with Gasteiger partial charge in [0, 0.05) is 18.7 Å². The highest BCUT2D eigenvalue weighted by Gasteiger charge is 2.59. The zero-order valence-electron chi connectivity index (χ0n) is 15.9. The van der Waals surface area contributed by atoms with E-state index >= 15 is 0 Å². The van der Waals surface area contributed by atoms with Crippen LogP contribution >= 0.6 is 0 Å². The molecule has 0 aliphatic carbocycles. The van der Waals surface area contributed by atoms with Gasteiger partial charge in [0.2, 0.25) is 5.60 Å². The fourth-order valence-electron chi connectivity index (χ4n) is 3.92. The molecule has 2 aromatic carbocycles. The molecule has 2 aliphatic rings. The Bertz CT molecular complexity index is 965. The number of fused-ring (bicyclic) bond motifs is 1. The molecule has 0 radical (unpaired) electrons. The first-order chi connectivity index (χ1) is 14.3. The number of benzene rings is 2. The summed E-state index contributed by atoms with van der Waals surface area (Å²) in [6, 6.07) is 13.7. The van der Waals surface area contributed by atoms with Crippen molar-refractivity contribution >= 4 is 11.9 Å². The number of hydrogen-bond acceptors (Lipinski definition) is 4. The first-order valence-corrected chi connectivity index (χ1v) is 9.50. The lowest BCUT2D eigenvalue weighted by molar-refractivity contribution is -0.250. The van der Waals surface area contributed by atoms with Crippen LogP contribution in [0.25, 0.3) is 0 Å². The van der Waals surface area contributed by atoms with Gasteiger partial charge in [-0.1, -0.05) is 42.5 Å². The van der Waals surface area contributed by atoms with Gasteiger partial charge in [0.25, 0.3) is 0 Å². The number of ether oxygens (including phenoxy) is 1. The second-order valence-electron chi connectivity index (χ2n) is 7.31. The number of aliphatic imine (C=N–C) groups is 1. The van der Waals surface area contributed by atoms with Crippen LogP contribution in [0.1, 0.15) is 17.5 Å². The number of hydrogen-bond donors (Lipinski definition) is 2. The smallest absolute Gasteiger partial charge is 0.434 e. The van der Waals surface area contributed by atoms with Crippen molar-refractivity contribution in [3.05, 3.63) is 65.7 Å². The quantitative estimate of drug-likeness (QED) is 0.780. The minimum absolute atomic E-state index is 0.0239. The zero-order valence-corrected chi connectivity index (χ0v) is 15.9. The van der Waals surface area contributed by atoms with Crippen LogP contribution < -0.4 is 10.1 Å². The Kier molecular flexibility index (Phi) is 5.05. The van der Waals surface area contributed by atoms with Crippen LogP contribution in [0.4, 0.5) is 18.0 Å². The summed E-state index contributed by atoms with van der Waals surface area (Å²) in [6.45, 7) is 0.157. The number of rotatable bonds is 2. The number of nitrogens with zero attached hydrogens (tertiary/aromatic N) is 2. The molecule has 2 heterocycles. The lowest BCUT2D eigenvalue weighted by Gasteiger charge is -2.34. The molecule has 2 aliphatic heterocycles. The molecule has 0 spiro atoms. The maximum absolute atomic E-state index is 14.4. The molecule has 30 heavy (non-hydrogen) atoms. The zero-order chi connectivity index (χ0) is 21.4. The summed E-state index contributed by atoms with van der Waals surface area (Å²) in [6.07, 6.45) is -5.30. The largest absolute Gasteiger partial charge is 0.470 e. The van der Waals surface area contributed by atoms with Crippen LogP contribution in [0.3, 0.4) is 0 Å². The van der Waals surface area contributed by atoms with Crippen molar-refractivity contribution in [3.8, 4) is 5.75 Å². The monoisotopic (exact) mass is 419 g/mol. The molecular formula is C21H20F3N3O3. The third-order valence-corrected chi connectivity index (χ3v) is 5.38. The van der Waals surface area contributed by atoms with Gasteiger partial charge in [-0.2, -0.15) is 13.2 Å². The second kappa shape index (κ2) is 7.55. The number of halogens is 3. The number of nitrogens with one attached hydrogen (secondary N) is 1. The fraction of sp³-hybridized carbons (Fsp3) is 0.333. The van der Waals surface area contributed by atoms with E-state index in [9.17, 15) is 18.0 Å². The molecule has 158 valence electrons. The minimum atomic E-state index is -4.71. The molecule has 1 amide bonds. The Hall–Kier alpha value is -3.23. The van der Waals surface area contributed by atoms with E-state index in [4.69, 9.17) is 9.84 Å². The van der Waals surface area contributed by atoms with Crippen molar-refractivity contribution in [1.29, 1.82) is 0 Å². The van der Waals surface area contributed by atoms with Crippen LogP contribution in [0.15, 0.2) is 59.6 Å². The van der Waals surface area contributed by atoms with Gasteiger partial charge in [-0.15, -0.1) is 0 Å². The molecule has 1 fully saturated rings. The summed E-state index contributed by atoms with van der Waals surface area (Å²) in [5.74, 6) is 0.465. The summed E-state index contributed by atoms with van der Waals surface area (Å²) in [5.41, 5.74) is -2.19. The highest BCUT2D eigenvalue weighted by Crippen LogP contribution is 2.45. The molecule has 0 saturated carbocycles. The summed E-state index contributed by atoms with van der Waals surface area (Å²) in [4.78, 5) is 17.1. The standard InChI is InChI=1S/C21H20F3N3O3/c22-21(23,24)20(14-6-2-1-3-7-14)13-25-18(16-8-4-5-9-17(16)30-20)27-11-10-15(12-27)26-19(28)29/h1-9,15,26H,10-13H2,(H,28,29). The second-order valence-corrected chi connectivity index (χ2v) is 7.31. The predicted molar refractivity (Wildman–Crippen MR) is 104 cm³/mol. The Balaban J connectivity index is 1.77. The maximum atomic E-state index is 14.4. The molecule has 0 aromatic heterocycles. The number of carboxylic acid groups (broad SMARTS) is 1. The van der Waals surface area contributed by atoms with Crippen molar-refractivity contribution in [3.63, 3.8) is 0 Å². The lowest BCUT2D eigenvalue weighted by Crippen LogP contribution is -2.50. The SMILES string of the molecule is O=C(O)NC1CCN(C2=NCC(c3ccccc3)(C(F)(F)F)Oc3ccccc32)C1. The van der Waals surface area contributed by atoms with Gasteiger partial charge in [0.05, 0.1) is 18.2 Å². The third-order valence-electron chi connectivity index (χ3n) is 5.38. The molecule has 4 rings (SSSR count). The molecule has 2 N–H and O–H groups in total. The van der Waals surface area contributed by atoms with Gasteiger partial charge in [-0.05, 0) is 18.6 Å². The summed E-state index contributed by atoms with van der Waals surface area (Å²) < 4.78 is 48.9. The molecule has 2 unspecified atom stereocenters. The number of alkyl halides is 3. The van der Waals surface area contributed by atoms with E-state index in [1.165, 1.54) is 30.3 Å². The van der Waals surface area contributed by atoms with E-state index in [1.54, 1.807) is 29.2 Å². The van der Waals surface area contributed by atoms with E-state index in [0.717, 1.165) is 0 Å². The van der Waals surface area contributed by atoms with Crippen LogP contribution in [-0.4, -0.2) is 53.8 Å². The molecule has 9 heteroatoms. The molecular weight excluding hydrogens is 399 g/mol. The van der Waals surface area contributed by atoms with Crippen LogP contribution in [-0.2, 0) is 5.60 Å². The topological polar surface area (TPSA) is 74.2 Å². The Morgan fingerprint density at radius 3 is 2.57 bits per heavy atom. The van der Waals surface area contributed by atoms with E-state index in [2.05, 4.69) is 10.3 Å². The molecule has 0 bridgehead atoms. The molecule has 2 atom stereocenters. The van der Waals surface area contributed by atoms with Crippen molar-refractivity contribution in [2.24, 2.45) is 4.99 Å². The maximum Gasteiger partial charge on any atom is 0.434 e. The number of amides is 1. The Morgan fingerprint density at radius 1 is 1.17 bits per heavy atom. The predicted octanol–water partition coefficient (Wildman–Crippen LogP) is 3.63. The van der Waals surface area contributed by atoms with E-state index in [-0.39, 0.29) is 17.4 Å². The lowest BCUT2D eigenvalue weighted by atomic mass is 9.92. The third kappa shape index (κ3) is 3.55. The van der Waals surface area contributed by atoms with Crippen molar-refractivity contribution in [2.75, 3.05) is 19.6 Å². The van der Waals surface area contributed by atoms with E-state index < -0.39 is 24.4 Å². The number of likely N-dealkylation sites (tertiary alicyclic amines) is 1. The molecule has 6 nitrogen and oxygen atoms in total. The number of para-hydroxylation sites is 1. The highest BCUT2D eigenvalue weighted by molar-refractivity contribution is 6.01. The average molecular weight is 419 g/mol. The summed E-state index contributed by atoms with van der Waals surface area (Å²) in [5, 5.41) is 11.4. The first-order valence-electron chi connectivity index (χ1n) is 9.50. The first kappa shape index (κ1) is 20.1. The van der Waals surface area contributed by atoms with Crippen molar-refractivity contribution < 1.29 is 27.8 Å². The summed E-state index contributed by atoms with van der Waals surface area (Å²) >= 11 is 0. The normalized spacial score (nSPS) is 23.8. The van der Waals surface area contributed by atoms with E-state index in [1.807, 2.05) is 0 Å². The fourth-order valence-corrected chi connectivity index (χ4v) is 3.92. The van der Waals surface area contributed by atoms with Crippen molar-refractivity contribution in [2.45, 2.75) is 24.2 Å². The van der Waals surface area contributed by atoms with Gasteiger partial charge < -0.3 is 20.1 Å². The highest BCUT2D eigenvalue weighted by atomic mass is 19.4. The Morgan fingerprint density at radius 2 is 1.87 bits per heavy atom. The number of amidine groups is 1. The van der Waals surface area contributed by atoms with Gasteiger partial charge >= 0.3 is 12.3 Å². The van der Waals surface area contributed by atoms with Gasteiger partial charge in [-0.25, -0.2) is 4.79 Å². The Labute approximate surface area is 171 Å². The molecule has 2 aromatic rings. The van der Waals surface area contributed by atoms with Gasteiger partial charge in [-0.3, -0.25) is 4.99 Å². The van der Waals surface area contributed by atoms with Crippen LogP contribution in [0.5, 0.6) is 5.75 Å². The van der Waals surface area contributed by atoms with Crippen molar-refractivity contribution in [1.82, 2.24) is 10.2 Å².